The molecule has 60 valence electrons. The molecule has 0 radical (unpaired) electrons. The third-order valence-corrected chi connectivity index (χ3v) is 1.70. The van der Waals surface area contributed by atoms with Gasteiger partial charge < -0.3 is 10.2 Å². The Kier molecular flexibility index (Phi) is 2.99. The Morgan fingerprint density at radius 2 is 2.00 bits per heavy atom. The summed E-state index contributed by atoms with van der Waals surface area (Å²) in [4.78, 5) is 10.7. The predicted octanol–water partition coefficient (Wildman–Crippen LogP) is -0.0452. The molecule has 0 saturated carbocycles. The molecule has 3 heteroatoms. The minimum atomic E-state index is -1.03. The first kappa shape index (κ1) is 9.59. The fourth-order valence-corrected chi connectivity index (χ4v) is 0.531. The second kappa shape index (κ2) is 3.12. The lowest BCUT2D eigenvalue weighted by Gasteiger charge is -2.23. The largest absolute Gasteiger partial charge is 0.390 e. The van der Waals surface area contributed by atoms with E-state index < -0.39 is 18.1 Å². The van der Waals surface area contributed by atoms with E-state index in [0.29, 0.717) is 0 Å². The van der Waals surface area contributed by atoms with Gasteiger partial charge >= 0.3 is 0 Å². The zero-order valence-corrected chi connectivity index (χ0v) is 6.59. The van der Waals surface area contributed by atoms with Gasteiger partial charge in [0.2, 0.25) is 0 Å². The predicted molar refractivity (Wildman–Crippen MR) is 37.6 cm³/mol. The maximum absolute atomic E-state index is 10.7. The summed E-state index contributed by atoms with van der Waals surface area (Å²) in [5.41, 5.74) is -1.03. The molecule has 0 aliphatic carbocycles. The zero-order valence-electron chi connectivity index (χ0n) is 6.59. The Morgan fingerprint density at radius 3 is 2.10 bits per heavy atom. The molecule has 0 rings (SSSR count). The molecule has 0 heterocycles. The standard InChI is InChI=1S/C7H14O3/c1-5(6(9)4-8)7(2,3)10/h5,8,10H,4H2,1-3H3. The van der Waals surface area contributed by atoms with Crippen LogP contribution in [0.5, 0.6) is 0 Å². The van der Waals surface area contributed by atoms with Gasteiger partial charge in [0, 0.05) is 5.92 Å². The van der Waals surface area contributed by atoms with Crippen molar-refractivity contribution in [3.05, 3.63) is 0 Å². The minimum Gasteiger partial charge on any atom is -0.390 e. The summed E-state index contributed by atoms with van der Waals surface area (Å²) in [5.74, 6) is -0.829. The van der Waals surface area contributed by atoms with E-state index in [1.165, 1.54) is 0 Å². The van der Waals surface area contributed by atoms with Crippen LogP contribution in [0.15, 0.2) is 0 Å². The molecule has 0 aliphatic rings. The van der Waals surface area contributed by atoms with Crippen molar-refractivity contribution in [3.63, 3.8) is 0 Å². The summed E-state index contributed by atoms with van der Waals surface area (Å²) < 4.78 is 0. The number of carbonyl (C=O) groups excluding carboxylic acids is 1. The van der Waals surface area contributed by atoms with Crippen LogP contribution in [0.25, 0.3) is 0 Å². The number of ketones is 1. The maximum atomic E-state index is 10.7. The van der Waals surface area contributed by atoms with Crippen LogP contribution in [0.4, 0.5) is 0 Å². The molecule has 0 aromatic carbocycles. The van der Waals surface area contributed by atoms with Crippen molar-refractivity contribution in [1.82, 2.24) is 0 Å². The molecule has 10 heavy (non-hydrogen) atoms. The first-order valence-corrected chi connectivity index (χ1v) is 3.25. The van der Waals surface area contributed by atoms with E-state index in [-0.39, 0.29) is 5.78 Å². The normalized spacial score (nSPS) is 14.9. The minimum absolute atomic E-state index is 0.326. The average Bonchev–Trinajstić information content (AvgIpc) is 1.83. The van der Waals surface area contributed by atoms with E-state index in [1.807, 2.05) is 0 Å². The topological polar surface area (TPSA) is 57.5 Å². The first-order valence-electron chi connectivity index (χ1n) is 3.25. The number of aliphatic hydroxyl groups is 2. The Hall–Kier alpha value is -0.410. The highest BCUT2D eigenvalue weighted by Gasteiger charge is 2.27. The number of aliphatic hydroxyl groups excluding tert-OH is 1. The van der Waals surface area contributed by atoms with E-state index in [4.69, 9.17) is 5.11 Å². The number of carbonyl (C=O) groups is 1. The number of hydrogen-bond acceptors (Lipinski definition) is 3. The summed E-state index contributed by atoms with van der Waals surface area (Å²) in [6.07, 6.45) is 0. The zero-order chi connectivity index (χ0) is 8.36. The lowest BCUT2D eigenvalue weighted by Crippen LogP contribution is -2.35. The van der Waals surface area contributed by atoms with Crippen LogP contribution in [-0.4, -0.2) is 28.2 Å². The van der Waals surface area contributed by atoms with Crippen molar-refractivity contribution in [3.8, 4) is 0 Å². The molecule has 0 bridgehead atoms. The number of hydrogen-bond donors (Lipinski definition) is 2. The molecule has 0 aromatic rings. The van der Waals surface area contributed by atoms with Gasteiger partial charge in [-0.2, -0.15) is 0 Å². The van der Waals surface area contributed by atoms with Crippen LogP contribution >= 0.6 is 0 Å². The molecule has 0 spiro atoms. The molecule has 0 aliphatic heterocycles. The molecule has 1 atom stereocenters. The molecule has 0 amide bonds. The second-order valence-corrected chi connectivity index (χ2v) is 3.00. The molecule has 2 N–H and O–H groups in total. The Morgan fingerprint density at radius 1 is 1.60 bits per heavy atom. The highest BCUT2D eigenvalue weighted by molar-refractivity contribution is 5.82. The van der Waals surface area contributed by atoms with Crippen molar-refractivity contribution >= 4 is 5.78 Å². The van der Waals surface area contributed by atoms with Gasteiger partial charge in [-0.25, -0.2) is 0 Å². The van der Waals surface area contributed by atoms with E-state index in [2.05, 4.69) is 0 Å². The van der Waals surface area contributed by atoms with Crippen molar-refractivity contribution < 1.29 is 15.0 Å². The molecule has 0 fully saturated rings. The van der Waals surface area contributed by atoms with Gasteiger partial charge in [-0.05, 0) is 13.8 Å². The molecular formula is C7H14O3. The lowest BCUT2D eigenvalue weighted by molar-refractivity contribution is -0.132. The molecule has 3 nitrogen and oxygen atoms in total. The van der Waals surface area contributed by atoms with Gasteiger partial charge in [-0.1, -0.05) is 6.92 Å². The average molecular weight is 146 g/mol. The summed E-state index contributed by atoms with van der Waals surface area (Å²) in [5, 5.41) is 17.7. The van der Waals surface area contributed by atoms with E-state index >= 15 is 0 Å². The Labute approximate surface area is 60.7 Å². The van der Waals surface area contributed by atoms with Gasteiger partial charge in [0.1, 0.15) is 6.61 Å². The van der Waals surface area contributed by atoms with Crippen molar-refractivity contribution in [2.45, 2.75) is 26.4 Å². The fourth-order valence-electron chi connectivity index (χ4n) is 0.531. The van der Waals surface area contributed by atoms with Crippen molar-refractivity contribution in [1.29, 1.82) is 0 Å². The van der Waals surface area contributed by atoms with Gasteiger partial charge in [-0.15, -0.1) is 0 Å². The van der Waals surface area contributed by atoms with Crippen molar-refractivity contribution in [2.75, 3.05) is 6.61 Å². The summed E-state index contributed by atoms with van der Waals surface area (Å²) in [6, 6.07) is 0. The van der Waals surface area contributed by atoms with Crippen LogP contribution in [0, 0.1) is 5.92 Å². The van der Waals surface area contributed by atoms with E-state index in [0.717, 1.165) is 0 Å². The van der Waals surface area contributed by atoms with Crippen LogP contribution in [-0.2, 0) is 4.79 Å². The first-order chi connectivity index (χ1) is 4.39. The quantitative estimate of drug-likeness (QED) is 0.587. The Balaban J connectivity index is 4.08. The Bertz CT molecular complexity index is 123. The van der Waals surface area contributed by atoms with Crippen LogP contribution in [0.3, 0.4) is 0 Å². The summed E-state index contributed by atoms with van der Waals surface area (Å²) in [7, 11) is 0. The van der Waals surface area contributed by atoms with Crippen LogP contribution < -0.4 is 0 Å². The second-order valence-electron chi connectivity index (χ2n) is 3.00. The molecule has 0 saturated heterocycles. The highest BCUT2D eigenvalue weighted by Crippen LogP contribution is 2.15. The van der Waals surface area contributed by atoms with E-state index in [1.54, 1.807) is 20.8 Å². The molecule has 0 aromatic heterocycles. The van der Waals surface area contributed by atoms with Gasteiger partial charge in [-0.3, -0.25) is 4.79 Å². The lowest BCUT2D eigenvalue weighted by atomic mass is 9.89. The number of Topliss-reactive ketones (excluding diaryl/α,β-unsaturated/α-hetero) is 1. The smallest absolute Gasteiger partial charge is 0.163 e. The fraction of sp³-hybridized carbons (Fsp3) is 0.857. The monoisotopic (exact) mass is 146 g/mol. The highest BCUT2D eigenvalue weighted by atomic mass is 16.3. The third-order valence-electron chi connectivity index (χ3n) is 1.70. The van der Waals surface area contributed by atoms with Gasteiger partial charge in [0.05, 0.1) is 5.60 Å². The van der Waals surface area contributed by atoms with E-state index in [9.17, 15) is 9.90 Å². The molecule has 1 unspecified atom stereocenters. The van der Waals surface area contributed by atoms with Crippen LogP contribution in [0.1, 0.15) is 20.8 Å². The number of rotatable bonds is 3. The van der Waals surface area contributed by atoms with Gasteiger partial charge in [0.15, 0.2) is 5.78 Å². The van der Waals surface area contributed by atoms with Crippen molar-refractivity contribution in [2.24, 2.45) is 5.92 Å². The van der Waals surface area contributed by atoms with Crippen LogP contribution in [0.2, 0.25) is 0 Å². The third kappa shape index (κ3) is 2.45. The molecular weight excluding hydrogens is 132 g/mol. The summed E-state index contributed by atoms with van der Waals surface area (Å²) in [6.45, 7) is 4.19. The van der Waals surface area contributed by atoms with Gasteiger partial charge in [0.25, 0.3) is 0 Å². The SMILES string of the molecule is CC(C(=O)CO)C(C)(C)O. The maximum Gasteiger partial charge on any atom is 0.163 e. The summed E-state index contributed by atoms with van der Waals surface area (Å²) >= 11 is 0.